The predicted octanol–water partition coefficient (Wildman–Crippen LogP) is 3.16. The minimum absolute atomic E-state index is 0.148. The highest BCUT2D eigenvalue weighted by Crippen LogP contribution is 2.34. The molecule has 1 aromatic rings. The first-order chi connectivity index (χ1) is 8.39. The van der Waals surface area contributed by atoms with Crippen molar-refractivity contribution in [1.82, 2.24) is 0 Å². The second kappa shape index (κ2) is 4.90. The lowest BCUT2D eigenvalue weighted by Gasteiger charge is -2.22. The number of halogens is 3. The molecule has 0 saturated carbocycles. The molecule has 100 valence electrons. The van der Waals surface area contributed by atoms with E-state index in [-0.39, 0.29) is 11.5 Å². The summed E-state index contributed by atoms with van der Waals surface area (Å²) >= 11 is 0. The molecule has 0 aromatic heterocycles. The van der Waals surface area contributed by atoms with Gasteiger partial charge in [-0.1, -0.05) is 19.1 Å². The lowest BCUT2D eigenvalue weighted by molar-refractivity contribution is -0.137. The SMILES string of the molecule is CC1CCOC1C(O)c1cccc(C(F)(F)F)c1. The Morgan fingerprint density at radius 1 is 1.39 bits per heavy atom. The van der Waals surface area contributed by atoms with Crippen LogP contribution in [0.2, 0.25) is 0 Å². The van der Waals surface area contributed by atoms with Crippen LogP contribution in [-0.2, 0) is 10.9 Å². The number of rotatable bonds is 2. The van der Waals surface area contributed by atoms with E-state index < -0.39 is 23.9 Å². The number of benzene rings is 1. The Balaban J connectivity index is 2.23. The van der Waals surface area contributed by atoms with Crippen LogP contribution in [0.3, 0.4) is 0 Å². The molecule has 0 aliphatic carbocycles. The van der Waals surface area contributed by atoms with Gasteiger partial charge in [0, 0.05) is 6.61 Å². The first-order valence-electron chi connectivity index (χ1n) is 5.86. The number of hydrogen-bond donors (Lipinski definition) is 1. The van der Waals surface area contributed by atoms with Gasteiger partial charge in [-0.25, -0.2) is 0 Å². The zero-order valence-corrected chi connectivity index (χ0v) is 9.95. The van der Waals surface area contributed by atoms with Gasteiger partial charge in [0.05, 0.1) is 11.7 Å². The minimum Gasteiger partial charge on any atom is -0.386 e. The fraction of sp³-hybridized carbons (Fsp3) is 0.538. The summed E-state index contributed by atoms with van der Waals surface area (Å²) in [6, 6.07) is 4.78. The van der Waals surface area contributed by atoms with Crippen molar-refractivity contribution in [3.63, 3.8) is 0 Å². The van der Waals surface area contributed by atoms with Crippen LogP contribution in [0.5, 0.6) is 0 Å². The molecular weight excluding hydrogens is 245 g/mol. The summed E-state index contributed by atoms with van der Waals surface area (Å²) in [5.74, 6) is 0.148. The highest BCUT2D eigenvalue weighted by atomic mass is 19.4. The van der Waals surface area contributed by atoms with Crippen molar-refractivity contribution < 1.29 is 23.0 Å². The van der Waals surface area contributed by atoms with Gasteiger partial charge in [0.25, 0.3) is 0 Å². The Hall–Kier alpha value is -1.07. The average molecular weight is 260 g/mol. The van der Waals surface area contributed by atoms with Gasteiger partial charge in [-0.2, -0.15) is 13.2 Å². The van der Waals surface area contributed by atoms with Crippen LogP contribution in [0, 0.1) is 5.92 Å². The number of ether oxygens (including phenoxy) is 1. The topological polar surface area (TPSA) is 29.5 Å². The summed E-state index contributed by atoms with van der Waals surface area (Å²) in [5.41, 5.74) is -0.492. The van der Waals surface area contributed by atoms with Crippen LogP contribution in [0.15, 0.2) is 24.3 Å². The van der Waals surface area contributed by atoms with E-state index >= 15 is 0 Å². The molecule has 0 amide bonds. The number of aliphatic hydroxyl groups is 1. The van der Waals surface area contributed by atoms with E-state index in [9.17, 15) is 18.3 Å². The summed E-state index contributed by atoms with van der Waals surface area (Å²) in [7, 11) is 0. The third-order valence-corrected chi connectivity index (χ3v) is 3.31. The van der Waals surface area contributed by atoms with Crippen LogP contribution in [-0.4, -0.2) is 17.8 Å². The van der Waals surface area contributed by atoms with E-state index in [0.717, 1.165) is 18.6 Å². The molecule has 5 heteroatoms. The fourth-order valence-corrected chi connectivity index (χ4v) is 2.21. The second-order valence-electron chi connectivity index (χ2n) is 4.67. The van der Waals surface area contributed by atoms with Crippen LogP contribution < -0.4 is 0 Å². The molecule has 0 radical (unpaired) electrons. The van der Waals surface area contributed by atoms with Crippen molar-refractivity contribution >= 4 is 0 Å². The molecule has 1 fully saturated rings. The Kier molecular flexibility index (Phi) is 3.64. The van der Waals surface area contributed by atoms with E-state index in [1.54, 1.807) is 0 Å². The zero-order chi connectivity index (χ0) is 13.3. The summed E-state index contributed by atoms with van der Waals surface area (Å²) in [4.78, 5) is 0. The molecule has 2 rings (SSSR count). The number of aliphatic hydroxyl groups excluding tert-OH is 1. The van der Waals surface area contributed by atoms with Gasteiger partial charge in [0.2, 0.25) is 0 Å². The van der Waals surface area contributed by atoms with Crippen LogP contribution in [0.4, 0.5) is 13.2 Å². The zero-order valence-electron chi connectivity index (χ0n) is 9.95. The lowest BCUT2D eigenvalue weighted by Crippen LogP contribution is -2.23. The molecule has 1 aliphatic heterocycles. The smallest absolute Gasteiger partial charge is 0.386 e. The Bertz CT molecular complexity index is 417. The first-order valence-corrected chi connectivity index (χ1v) is 5.86. The molecule has 0 bridgehead atoms. The number of hydrogen-bond acceptors (Lipinski definition) is 2. The van der Waals surface area contributed by atoms with Gasteiger partial charge in [0.15, 0.2) is 0 Å². The first kappa shape index (κ1) is 13.4. The molecule has 1 aliphatic rings. The molecule has 18 heavy (non-hydrogen) atoms. The third-order valence-electron chi connectivity index (χ3n) is 3.31. The van der Waals surface area contributed by atoms with E-state index in [4.69, 9.17) is 4.74 Å². The monoisotopic (exact) mass is 260 g/mol. The summed E-state index contributed by atoms with van der Waals surface area (Å²) < 4.78 is 43.1. The van der Waals surface area contributed by atoms with Crippen molar-refractivity contribution in [2.24, 2.45) is 5.92 Å². The molecule has 2 nitrogen and oxygen atoms in total. The minimum atomic E-state index is -4.39. The lowest BCUT2D eigenvalue weighted by atomic mass is 9.94. The van der Waals surface area contributed by atoms with Crippen molar-refractivity contribution in [2.45, 2.75) is 31.7 Å². The van der Waals surface area contributed by atoms with Gasteiger partial charge in [-0.15, -0.1) is 0 Å². The quantitative estimate of drug-likeness (QED) is 0.885. The van der Waals surface area contributed by atoms with Gasteiger partial charge < -0.3 is 9.84 Å². The highest BCUT2D eigenvalue weighted by molar-refractivity contribution is 5.28. The third kappa shape index (κ3) is 2.67. The average Bonchev–Trinajstić information content (AvgIpc) is 2.73. The molecule has 1 saturated heterocycles. The van der Waals surface area contributed by atoms with E-state index in [0.29, 0.717) is 6.61 Å². The van der Waals surface area contributed by atoms with Crippen molar-refractivity contribution in [3.05, 3.63) is 35.4 Å². The molecule has 1 aromatic carbocycles. The second-order valence-corrected chi connectivity index (χ2v) is 4.67. The summed E-state index contributed by atoms with van der Waals surface area (Å²) in [5, 5.41) is 10.1. The maximum absolute atomic E-state index is 12.6. The van der Waals surface area contributed by atoms with Crippen molar-refractivity contribution in [2.75, 3.05) is 6.61 Å². The molecule has 3 atom stereocenters. The van der Waals surface area contributed by atoms with Gasteiger partial charge in [0.1, 0.15) is 6.10 Å². The Morgan fingerprint density at radius 3 is 2.67 bits per heavy atom. The Morgan fingerprint density at radius 2 is 2.11 bits per heavy atom. The standard InChI is InChI=1S/C13H15F3O2/c1-8-5-6-18-12(8)11(17)9-3-2-4-10(7-9)13(14,15)16/h2-4,7-8,11-12,17H,5-6H2,1H3. The van der Waals surface area contributed by atoms with Crippen LogP contribution in [0.1, 0.15) is 30.6 Å². The van der Waals surface area contributed by atoms with Crippen molar-refractivity contribution in [1.29, 1.82) is 0 Å². The van der Waals surface area contributed by atoms with Gasteiger partial charge in [-0.3, -0.25) is 0 Å². The summed E-state index contributed by atoms with van der Waals surface area (Å²) in [6.07, 6.45) is -5.00. The fourth-order valence-electron chi connectivity index (χ4n) is 2.21. The maximum atomic E-state index is 12.6. The molecule has 0 spiro atoms. The Labute approximate surface area is 103 Å². The van der Waals surface area contributed by atoms with Crippen LogP contribution >= 0.6 is 0 Å². The van der Waals surface area contributed by atoms with E-state index in [1.165, 1.54) is 12.1 Å². The molecule has 1 N–H and O–H groups in total. The van der Waals surface area contributed by atoms with Crippen LogP contribution in [0.25, 0.3) is 0 Å². The van der Waals surface area contributed by atoms with E-state index in [2.05, 4.69) is 0 Å². The predicted molar refractivity (Wildman–Crippen MR) is 59.9 cm³/mol. The van der Waals surface area contributed by atoms with E-state index in [1.807, 2.05) is 6.92 Å². The maximum Gasteiger partial charge on any atom is 0.416 e. The van der Waals surface area contributed by atoms with Crippen molar-refractivity contribution in [3.8, 4) is 0 Å². The normalized spacial score (nSPS) is 26.3. The molecule has 3 unspecified atom stereocenters. The van der Waals surface area contributed by atoms with Gasteiger partial charge >= 0.3 is 6.18 Å². The number of alkyl halides is 3. The highest BCUT2D eigenvalue weighted by Gasteiger charge is 2.34. The molecule has 1 heterocycles. The summed E-state index contributed by atoms with van der Waals surface area (Å²) in [6.45, 7) is 2.47. The van der Waals surface area contributed by atoms with Gasteiger partial charge in [-0.05, 0) is 30.0 Å². The molecular formula is C13H15F3O2. The largest absolute Gasteiger partial charge is 0.416 e.